The van der Waals surface area contributed by atoms with Crippen LogP contribution in [-0.4, -0.2) is 12.3 Å². The van der Waals surface area contributed by atoms with Crippen molar-refractivity contribution in [3.8, 4) is 11.8 Å². The maximum atomic E-state index is 4.48. The number of nitrogens with zero attached hydrogens (tertiary/aromatic N) is 1. The summed E-state index contributed by atoms with van der Waals surface area (Å²) in [6.45, 7) is 5.26. The predicted molar refractivity (Wildman–Crippen MR) is 58.0 cm³/mol. The van der Waals surface area contributed by atoms with E-state index in [0.29, 0.717) is 5.92 Å². The van der Waals surface area contributed by atoms with Crippen LogP contribution < -0.4 is 0 Å². The van der Waals surface area contributed by atoms with Gasteiger partial charge in [0.05, 0.1) is 5.92 Å². The maximum Gasteiger partial charge on any atom is 0.0578 e. The molecule has 0 aromatic rings. The number of hydrogen-bond acceptors (Lipinski definition) is 1. The van der Waals surface area contributed by atoms with Gasteiger partial charge in [-0.05, 0) is 13.3 Å². The third-order valence-corrected chi connectivity index (χ3v) is 2.47. The van der Waals surface area contributed by atoms with Crippen LogP contribution in [0, 0.1) is 17.8 Å². The van der Waals surface area contributed by atoms with Gasteiger partial charge in [-0.25, -0.2) is 0 Å². The van der Waals surface area contributed by atoms with Gasteiger partial charge in [-0.2, -0.15) is 0 Å². The van der Waals surface area contributed by atoms with Crippen molar-refractivity contribution < 1.29 is 0 Å². The van der Waals surface area contributed by atoms with Crippen LogP contribution in [0.4, 0.5) is 0 Å². The Balaban J connectivity index is 2.39. The van der Waals surface area contributed by atoms with Gasteiger partial charge in [0.1, 0.15) is 0 Å². The molecular weight excluding hydrogens is 158 g/mol. The molecule has 0 N–H and O–H groups in total. The number of hydrogen-bond donors (Lipinski definition) is 0. The van der Waals surface area contributed by atoms with Gasteiger partial charge >= 0.3 is 0 Å². The Morgan fingerprint density at radius 3 is 3.08 bits per heavy atom. The molecule has 13 heavy (non-hydrogen) atoms. The van der Waals surface area contributed by atoms with E-state index in [0.717, 1.165) is 13.0 Å². The van der Waals surface area contributed by atoms with Gasteiger partial charge < -0.3 is 0 Å². The van der Waals surface area contributed by atoms with E-state index >= 15 is 0 Å². The summed E-state index contributed by atoms with van der Waals surface area (Å²) in [6, 6.07) is 0. The summed E-state index contributed by atoms with van der Waals surface area (Å²) in [5.41, 5.74) is 1.25. The van der Waals surface area contributed by atoms with Crippen LogP contribution in [0.1, 0.15) is 46.0 Å². The summed E-state index contributed by atoms with van der Waals surface area (Å²) in [7, 11) is 0. The summed E-state index contributed by atoms with van der Waals surface area (Å²) < 4.78 is 0. The Labute approximate surface area is 81.6 Å². The quantitative estimate of drug-likeness (QED) is 0.462. The van der Waals surface area contributed by atoms with E-state index in [9.17, 15) is 0 Å². The van der Waals surface area contributed by atoms with Crippen molar-refractivity contribution in [1.29, 1.82) is 0 Å². The highest BCUT2D eigenvalue weighted by Gasteiger charge is 2.09. The fraction of sp³-hybridized carbons (Fsp3) is 0.750. The van der Waals surface area contributed by atoms with Crippen LogP contribution in [0.3, 0.4) is 0 Å². The summed E-state index contributed by atoms with van der Waals surface area (Å²) in [4.78, 5) is 4.48. The van der Waals surface area contributed by atoms with Crippen molar-refractivity contribution in [2.75, 3.05) is 6.54 Å². The van der Waals surface area contributed by atoms with E-state index < -0.39 is 0 Å². The fourth-order valence-electron chi connectivity index (χ4n) is 1.58. The Morgan fingerprint density at radius 2 is 2.31 bits per heavy atom. The molecule has 1 aliphatic heterocycles. The van der Waals surface area contributed by atoms with Gasteiger partial charge in [-0.3, -0.25) is 4.99 Å². The van der Waals surface area contributed by atoms with Gasteiger partial charge in [0.2, 0.25) is 0 Å². The van der Waals surface area contributed by atoms with E-state index in [2.05, 4.69) is 30.7 Å². The van der Waals surface area contributed by atoms with E-state index in [1.54, 1.807) is 0 Å². The molecule has 1 heterocycles. The Morgan fingerprint density at radius 1 is 1.46 bits per heavy atom. The molecule has 1 atom stereocenters. The SMILES string of the molecule is CCCCCC1C#CCCN=C1C. The number of aliphatic imine (C=N–C) groups is 1. The second-order valence-corrected chi connectivity index (χ2v) is 3.64. The molecule has 1 heteroatoms. The number of unbranched alkanes of at least 4 members (excludes halogenated alkanes) is 2. The summed E-state index contributed by atoms with van der Waals surface area (Å²) >= 11 is 0. The summed E-state index contributed by atoms with van der Waals surface area (Å²) in [5.74, 6) is 6.95. The highest BCUT2D eigenvalue weighted by molar-refractivity contribution is 5.87. The molecule has 0 aromatic carbocycles. The van der Waals surface area contributed by atoms with Crippen molar-refractivity contribution in [3.63, 3.8) is 0 Å². The molecule has 0 bridgehead atoms. The van der Waals surface area contributed by atoms with E-state index in [1.807, 2.05) is 0 Å². The normalized spacial score (nSPS) is 21.4. The summed E-state index contributed by atoms with van der Waals surface area (Å²) in [5, 5.41) is 0. The zero-order chi connectivity index (χ0) is 9.52. The Hall–Kier alpha value is -0.770. The molecule has 0 amide bonds. The van der Waals surface area contributed by atoms with E-state index in [1.165, 1.54) is 31.4 Å². The fourth-order valence-corrected chi connectivity index (χ4v) is 1.58. The van der Waals surface area contributed by atoms with E-state index in [-0.39, 0.29) is 0 Å². The van der Waals surface area contributed by atoms with Crippen LogP contribution in [0.25, 0.3) is 0 Å². The third-order valence-electron chi connectivity index (χ3n) is 2.47. The van der Waals surface area contributed by atoms with Crippen LogP contribution >= 0.6 is 0 Å². The van der Waals surface area contributed by atoms with Crippen LogP contribution in [0.2, 0.25) is 0 Å². The standard InChI is InChI=1S/C12H19N/c1-3-4-5-8-12-9-6-7-10-13-11(12)2/h12H,3-5,7-8,10H2,1-2H3. The second-order valence-electron chi connectivity index (χ2n) is 3.64. The molecule has 0 saturated carbocycles. The molecule has 0 saturated heterocycles. The largest absolute Gasteiger partial charge is 0.292 e. The monoisotopic (exact) mass is 177 g/mol. The molecule has 0 spiro atoms. The molecule has 1 rings (SSSR count). The third kappa shape index (κ3) is 3.63. The molecule has 1 unspecified atom stereocenters. The lowest BCUT2D eigenvalue weighted by atomic mass is 9.98. The van der Waals surface area contributed by atoms with Crippen molar-refractivity contribution >= 4 is 5.71 Å². The first-order valence-corrected chi connectivity index (χ1v) is 5.34. The molecule has 0 radical (unpaired) electrons. The van der Waals surface area contributed by atoms with Gasteiger partial charge in [0.25, 0.3) is 0 Å². The zero-order valence-corrected chi connectivity index (χ0v) is 8.77. The lowest BCUT2D eigenvalue weighted by Crippen LogP contribution is -2.08. The van der Waals surface area contributed by atoms with Gasteiger partial charge in [-0.1, -0.05) is 32.1 Å². The Bertz CT molecular complexity index is 229. The first-order chi connectivity index (χ1) is 6.34. The highest BCUT2D eigenvalue weighted by atomic mass is 14.7. The Kier molecular flexibility index (Phi) is 4.60. The molecule has 72 valence electrons. The van der Waals surface area contributed by atoms with Crippen LogP contribution in [0.5, 0.6) is 0 Å². The first kappa shape index (κ1) is 10.3. The lowest BCUT2D eigenvalue weighted by Gasteiger charge is -2.08. The van der Waals surface area contributed by atoms with Crippen LogP contribution in [-0.2, 0) is 0 Å². The average molecular weight is 177 g/mol. The van der Waals surface area contributed by atoms with Gasteiger partial charge in [-0.15, -0.1) is 5.92 Å². The van der Waals surface area contributed by atoms with E-state index in [4.69, 9.17) is 0 Å². The van der Waals surface area contributed by atoms with Crippen molar-refractivity contribution in [3.05, 3.63) is 0 Å². The highest BCUT2D eigenvalue weighted by Crippen LogP contribution is 2.12. The topological polar surface area (TPSA) is 12.4 Å². The van der Waals surface area contributed by atoms with Crippen molar-refractivity contribution in [2.45, 2.75) is 46.0 Å². The van der Waals surface area contributed by atoms with Crippen LogP contribution in [0.15, 0.2) is 4.99 Å². The molecule has 1 nitrogen and oxygen atoms in total. The molecule has 0 aromatic heterocycles. The summed E-state index contributed by atoms with van der Waals surface area (Å²) in [6.07, 6.45) is 6.06. The second kappa shape index (κ2) is 5.80. The molecule has 1 aliphatic rings. The first-order valence-electron chi connectivity index (χ1n) is 5.34. The smallest absolute Gasteiger partial charge is 0.0578 e. The van der Waals surface area contributed by atoms with Crippen molar-refractivity contribution in [2.24, 2.45) is 10.9 Å². The van der Waals surface area contributed by atoms with Gasteiger partial charge in [0.15, 0.2) is 0 Å². The molecular formula is C12H19N. The molecule has 0 aliphatic carbocycles. The minimum Gasteiger partial charge on any atom is -0.292 e. The molecule has 0 fully saturated rings. The zero-order valence-electron chi connectivity index (χ0n) is 8.77. The minimum absolute atomic E-state index is 0.453. The predicted octanol–water partition coefficient (Wildman–Crippen LogP) is 3.05. The van der Waals surface area contributed by atoms with Gasteiger partial charge in [0, 0.05) is 18.7 Å². The van der Waals surface area contributed by atoms with Crippen molar-refractivity contribution in [1.82, 2.24) is 0 Å². The number of rotatable bonds is 4. The minimum atomic E-state index is 0.453. The average Bonchev–Trinajstić information content (AvgIpc) is 2.32. The lowest BCUT2D eigenvalue weighted by molar-refractivity contribution is 0.636. The maximum absolute atomic E-state index is 4.48.